The SMILES string of the molecule is Cc1cc(SCCn2ccnc2)ccc1N. The first-order chi connectivity index (χ1) is 7.75. The van der Waals surface area contributed by atoms with Crippen LogP contribution in [0.5, 0.6) is 0 Å². The number of hydrogen-bond donors (Lipinski definition) is 1. The van der Waals surface area contributed by atoms with Crippen molar-refractivity contribution in [3.05, 3.63) is 42.5 Å². The Morgan fingerprint density at radius 1 is 1.44 bits per heavy atom. The molecule has 3 nitrogen and oxygen atoms in total. The van der Waals surface area contributed by atoms with Crippen LogP contribution in [0.15, 0.2) is 41.8 Å². The predicted octanol–water partition coefficient (Wildman–Crippen LogP) is 2.57. The molecule has 2 N–H and O–H groups in total. The first kappa shape index (κ1) is 11.1. The highest BCUT2D eigenvalue weighted by atomic mass is 32.2. The van der Waals surface area contributed by atoms with E-state index in [0.29, 0.717) is 0 Å². The van der Waals surface area contributed by atoms with Gasteiger partial charge in [0.25, 0.3) is 0 Å². The summed E-state index contributed by atoms with van der Waals surface area (Å²) in [5, 5.41) is 0. The molecule has 0 aliphatic carbocycles. The highest BCUT2D eigenvalue weighted by Crippen LogP contribution is 2.22. The second-order valence-corrected chi connectivity index (χ2v) is 4.84. The fraction of sp³-hybridized carbons (Fsp3) is 0.250. The summed E-state index contributed by atoms with van der Waals surface area (Å²) < 4.78 is 2.08. The summed E-state index contributed by atoms with van der Waals surface area (Å²) in [4.78, 5) is 5.28. The first-order valence-corrected chi connectivity index (χ1v) is 6.19. The van der Waals surface area contributed by atoms with Gasteiger partial charge in [-0.25, -0.2) is 4.98 Å². The third kappa shape index (κ3) is 2.79. The molecule has 2 aromatic rings. The smallest absolute Gasteiger partial charge is 0.0946 e. The van der Waals surface area contributed by atoms with Crippen molar-refractivity contribution in [2.24, 2.45) is 0 Å². The van der Waals surface area contributed by atoms with E-state index in [1.165, 1.54) is 4.90 Å². The molecule has 0 unspecified atom stereocenters. The molecule has 2 rings (SSSR count). The summed E-state index contributed by atoms with van der Waals surface area (Å²) in [6, 6.07) is 6.17. The molecule has 1 aromatic carbocycles. The van der Waals surface area contributed by atoms with Crippen molar-refractivity contribution >= 4 is 17.4 Å². The molecule has 84 valence electrons. The average molecular weight is 233 g/mol. The molecule has 1 aromatic heterocycles. The normalized spacial score (nSPS) is 10.6. The maximum atomic E-state index is 5.77. The van der Waals surface area contributed by atoms with Gasteiger partial charge in [-0.15, -0.1) is 11.8 Å². The molecule has 0 amide bonds. The summed E-state index contributed by atoms with van der Waals surface area (Å²) in [7, 11) is 0. The van der Waals surface area contributed by atoms with E-state index in [0.717, 1.165) is 23.5 Å². The van der Waals surface area contributed by atoms with E-state index in [1.54, 1.807) is 6.20 Å². The average Bonchev–Trinajstić information content (AvgIpc) is 2.76. The summed E-state index contributed by atoms with van der Waals surface area (Å²) in [6.07, 6.45) is 5.63. The number of imidazole rings is 1. The molecule has 0 atom stereocenters. The lowest BCUT2D eigenvalue weighted by Crippen LogP contribution is -1.97. The lowest BCUT2D eigenvalue weighted by molar-refractivity contribution is 0.770. The van der Waals surface area contributed by atoms with Crippen LogP contribution in [0.25, 0.3) is 0 Å². The molecule has 0 spiro atoms. The number of rotatable bonds is 4. The molecular formula is C12H15N3S. The monoisotopic (exact) mass is 233 g/mol. The molecule has 1 heterocycles. The van der Waals surface area contributed by atoms with Gasteiger partial charge in [-0.05, 0) is 30.7 Å². The Morgan fingerprint density at radius 2 is 2.31 bits per heavy atom. The van der Waals surface area contributed by atoms with Crippen molar-refractivity contribution in [1.29, 1.82) is 0 Å². The third-order valence-electron chi connectivity index (χ3n) is 2.42. The summed E-state index contributed by atoms with van der Waals surface area (Å²) in [5.74, 6) is 1.04. The maximum absolute atomic E-state index is 5.77. The Bertz CT molecular complexity index is 451. The van der Waals surface area contributed by atoms with Crippen LogP contribution < -0.4 is 5.73 Å². The molecule has 0 saturated carbocycles. The van der Waals surface area contributed by atoms with Gasteiger partial charge < -0.3 is 10.3 Å². The molecule has 0 fully saturated rings. The number of aromatic nitrogens is 2. The predicted molar refractivity (Wildman–Crippen MR) is 68.5 cm³/mol. The topological polar surface area (TPSA) is 43.8 Å². The molecule has 0 aliphatic heterocycles. The van der Waals surface area contributed by atoms with Crippen molar-refractivity contribution in [3.8, 4) is 0 Å². The van der Waals surface area contributed by atoms with E-state index in [9.17, 15) is 0 Å². The van der Waals surface area contributed by atoms with E-state index >= 15 is 0 Å². The zero-order chi connectivity index (χ0) is 11.4. The minimum atomic E-state index is 0.860. The fourth-order valence-corrected chi connectivity index (χ4v) is 2.39. The Kier molecular flexibility index (Phi) is 3.51. The van der Waals surface area contributed by atoms with Crippen LogP contribution in [0.3, 0.4) is 0 Å². The Morgan fingerprint density at radius 3 is 3.00 bits per heavy atom. The van der Waals surface area contributed by atoms with Crippen LogP contribution in [-0.2, 0) is 6.54 Å². The van der Waals surface area contributed by atoms with Gasteiger partial charge in [0.1, 0.15) is 0 Å². The van der Waals surface area contributed by atoms with Gasteiger partial charge >= 0.3 is 0 Å². The highest BCUT2D eigenvalue weighted by Gasteiger charge is 1.98. The number of aryl methyl sites for hydroxylation is 2. The number of nitrogens with zero attached hydrogens (tertiary/aromatic N) is 2. The van der Waals surface area contributed by atoms with Gasteiger partial charge in [-0.2, -0.15) is 0 Å². The molecular weight excluding hydrogens is 218 g/mol. The standard InChI is InChI=1S/C12H15N3S/c1-10-8-11(2-3-12(10)13)16-7-6-15-5-4-14-9-15/h2-5,8-9H,6-7,13H2,1H3. The van der Waals surface area contributed by atoms with Crippen LogP contribution in [0.2, 0.25) is 0 Å². The molecule has 4 heteroatoms. The van der Waals surface area contributed by atoms with Crippen molar-refractivity contribution in [2.45, 2.75) is 18.4 Å². The van der Waals surface area contributed by atoms with Gasteiger partial charge in [0, 0.05) is 35.3 Å². The van der Waals surface area contributed by atoms with E-state index < -0.39 is 0 Å². The number of nitrogen functional groups attached to an aromatic ring is 1. The zero-order valence-corrected chi connectivity index (χ0v) is 10.1. The van der Waals surface area contributed by atoms with Crippen molar-refractivity contribution in [2.75, 3.05) is 11.5 Å². The number of hydrogen-bond acceptors (Lipinski definition) is 3. The number of nitrogens with two attached hydrogens (primary N) is 1. The summed E-state index contributed by atoms with van der Waals surface area (Å²) in [5.41, 5.74) is 7.78. The van der Waals surface area contributed by atoms with E-state index in [4.69, 9.17) is 5.73 Å². The largest absolute Gasteiger partial charge is 0.399 e. The number of benzene rings is 1. The van der Waals surface area contributed by atoms with Crippen LogP contribution in [0, 0.1) is 6.92 Å². The zero-order valence-electron chi connectivity index (χ0n) is 9.26. The molecule has 0 bridgehead atoms. The van der Waals surface area contributed by atoms with Gasteiger partial charge in [-0.3, -0.25) is 0 Å². The quantitative estimate of drug-likeness (QED) is 0.652. The van der Waals surface area contributed by atoms with Gasteiger partial charge in [0.05, 0.1) is 6.33 Å². The van der Waals surface area contributed by atoms with E-state index in [1.807, 2.05) is 37.3 Å². The van der Waals surface area contributed by atoms with Gasteiger partial charge in [-0.1, -0.05) is 0 Å². The minimum absolute atomic E-state index is 0.860. The van der Waals surface area contributed by atoms with Crippen LogP contribution in [-0.4, -0.2) is 15.3 Å². The summed E-state index contributed by atoms with van der Waals surface area (Å²) in [6.45, 7) is 3.02. The van der Waals surface area contributed by atoms with E-state index in [-0.39, 0.29) is 0 Å². The minimum Gasteiger partial charge on any atom is -0.399 e. The fourth-order valence-electron chi connectivity index (χ4n) is 1.43. The highest BCUT2D eigenvalue weighted by molar-refractivity contribution is 7.99. The van der Waals surface area contributed by atoms with Crippen LogP contribution in [0.4, 0.5) is 5.69 Å². The first-order valence-electron chi connectivity index (χ1n) is 5.20. The number of anilines is 1. The van der Waals surface area contributed by atoms with Crippen molar-refractivity contribution in [1.82, 2.24) is 9.55 Å². The van der Waals surface area contributed by atoms with Crippen molar-refractivity contribution in [3.63, 3.8) is 0 Å². The Hall–Kier alpha value is -1.42. The molecule has 16 heavy (non-hydrogen) atoms. The second-order valence-electron chi connectivity index (χ2n) is 3.67. The Labute approximate surface area is 99.7 Å². The van der Waals surface area contributed by atoms with Gasteiger partial charge in [0.2, 0.25) is 0 Å². The lowest BCUT2D eigenvalue weighted by Gasteiger charge is -2.05. The van der Waals surface area contributed by atoms with Crippen LogP contribution >= 0.6 is 11.8 Å². The van der Waals surface area contributed by atoms with Crippen molar-refractivity contribution < 1.29 is 0 Å². The Balaban J connectivity index is 1.87. The van der Waals surface area contributed by atoms with E-state index in [2.05, 4.69) is 21.7 Å². The molecule has 0 aliphatic rings. The van der Waals surface area contributed by atoms with Crippen LogP contribution in [0.1, 0.15) is 5.56 Å². The van der Waals surface area contributed by atoms with Gasteiger partial charge in [0.15, 0.2) is 0 Å². The molecule has 0 saturated heterocycles. The molecule has 0 radical (unpaired) electrons. The summed E-state index contributed by atoms with van der Waals surface area (Å²) >= 11 is 1.84. The lowest BCUT2D eigenvalue weighted by atomic mass is 10.2. The number of thioether (sulfide) groups is 1. The third-order valence-corrected chi connectivity index (χ3v) is 3.39. The second kappa shape index (κ2) is 5.07. The maximum Gasteiger partial charge on any atom is 0.0946 e.